The number of hydrogen-bond donors (Lipinski definition) is 5. The van der Waals surface area contributed by atoms with Gasteiger partial charge in [0.25, 0.3) is 5.91 Å². The number of para-hydroxylation sites is 1. The van der Waals surface area contributed by atoms with Crippen molar-refractivity contribution in [2.75, 3.05) is 11.9 Å². The van der Waals surface area contributed by atoms with E-state index in [1.54, 1.807) is 96.1 Å². The van der Waals surface area contributed by atoms with Crippen molar-refractivity contribution in [3.05, 3.63) is 66.2 Å². The summed E-state index contributed by atoms with van der Waals surface area (Å²) in [6.07, 6.45) is 1.40. The average Bonchev–Trinajstić information content (AvgIpc) is 3.58. The van der Waals surface area contributed by atoms with Gasteiger partial charge in [0.2, 0.25) is 23.3 Å². The number of amides is 4. The van der Waals surface area contributed by atoms with Crippen molar-refractivity contribution in [2.24, 2.45) is 11.8 Å². The van der Waals surface area contributed by atoms with E-state index in [0.717, 1.165) is 5.56 Å². The molecule has 6 atom stereocenters. The quantitative estimate of drug-likeness (QED) is 0.128. The molecule has 0 radical (unpaired) electrons. The molecule has 1 aliphatic rings. The molecule has 52 heavy (non-hydrogen) atoms. The molecule has 284 valence electrons. The second kappa shape index (κ2) is 18.0. The van der Waals surface area contributed by atoms with Crippen LogP contribution in [0.5, 0.6) is 0 Å². The summed E-state index contributed by atoms with van der Waals surface area (Å²) < 4.78 is 5.62. The zero-order chi connectivity index (χ0) is 38.8. The third-order valence-electron chi connectivity index (χ3n) is 9.18. The molecule has 1 heterocycles. The number of carbonyl (C=O) groups excluding carboxylic acids is 5. The summed E-state index contributed by atoms with van der Waals surface area (Å²) >= 11 is 0. The lowest BCUT2D eigenvalue weighted by Gasteiger charge is -2.35. The number of aliphatic carboxylic acids is 1. The third kappa shape index (κ3) is 11.0. The minimum atomic E-state index is -1.92. The Labute approximate surface area is 306 Å². The van der Waals surface area contributed by atoms with Crippen LogP contribution in [0.4, 0.5) is 5.69 Å². The van der Waals surface area contributed by atoms with Crippen LogP contribution in [0.1, 0.15) is 80.2 Å². The largest absolute Gasteiger partial charge is 0.480 e. The maximum absolute atomic E-state index is 14.2. The monoisotopic (exact) mass is 721 g/mol. The lowest BCUT2D eigenvalue weighted by Crippen LogP contribution is -2.63. The fourth-order valence-electron chi connectivity index (χ4n) is 5.93. The Bertz CT molecular complexity index is 1560. The summed E-state index contributed by atoms with van der Waals surface area (Å²) in [6, 6.07) is 13.3. The Hall–Kier alpha value is -4.94. The van der Waals surface area contributed by atoms with Crippen LogP contribution in [0, 0.1) is 11.8 Å². The highest BCUT2D eigenvalue weighted by molar-refractivity contribution is 6.11. The number of carboxylic acids is 1. The number of carboxylic acid groups (broad SMARTS) is 1. The maximum atomic E-state index is 14.2. The van der Waals surface area contributed by atoms with Gasteiger partial charge in [0.15, 0.2) is 0 Å². The molecule has 13 heteroatoms. The van der Waals surface area contributed by atoms with E-state index in [0.29, 0.717) is 24.9 Å². The zero-order valence-corrected chi connectivity index (χ0v) is 31.5. The summed E-state index contributed by atoms with van der Waals surface area (Å²) in [5.41, 5.74) is -1.60. The summed E-state index contributed by atoms with van der Waals surface area (Å²) in [6.45, 7) is 13.8. The van der Waals surface area contributed by atoms with Gasteiger partial charge in [-0.3, -0.25) is 19.2 Å². The molecular formula is C39H55N5O8. The molecule has 5 N–H and O–H groups in total. The molecule has 4 amide bonds. The average molecular weight is 722 g/mol. The minimum Gasteiger partial charge on any atom is -0.480 e. The first-order valence-corrected chi connectivity index (χ1v) is 17.9. The van der Waals surface area contributed by atoms with Crippen LogP contribution in [0.2, 0.25) is 0 Å². The van der Waals surface area contributed by atoms with Crippen LogP contribution >= 0.6 is 0 Å². The van der Waals surface area contributed by atoms with E-state index in [9.17, 15) is 33.9 Å². The molecule has 0 aliphatic carbocycles. The van der Waals surface area contributed by atoms with Crippen molar-refractivity contribution < 1.29 is 38.6 Å². The number of nitrogens with one attached hydrogen (secondary N) is 4. The highest BCUT2D eigenvalue weighted by Crippen LogP contribution is 2.24. The maximum Gasteiger partial charge on any atom is 0.341 e. The fourth-order valence-corrected chi connectivity index (χ4v) is 5.93. The molecule has 1 fully saturated rings. The summed E-state index contributed by atoms with van der Waals surface area (Å²) in [5, 5.41) is 21.0. The van der Waals surface area contributed by atoms with Crippen LogP contribution in [-0.2, 0) is 39.9 Å². The molecule has 0 spiro atoms. The van der Waals surface area contributed by atoms with Gasteiger partial charge in [0.1, 0.15) is 29.8 Å². The Kier molecular flexibility index (Phi) is 14.4. The Morgan fingerprint density at radius 1 is 0.865 bits per heavy atom. The van der Waals surface area contributed by atoms with Gasteiger partial charge in [0, 0.05) is 18.7 Å². The standard InChI is InChI=1S/C39H55N5O8/c1-9-25(4)31(33(46)40-28(35(48)49)23-26-17-12-10-13-18-26)41-32(45)29-21-16-22-44(29)34(47)30(24(2)3)42-36(50)39(8,37(51)52-38(5,6)7)43-27-19-14-11-15-20-27/h10-15,17-20,24-25,28-31,43H,9,16,21-23H2,1-8H3,(H,40,46)(H,41,45)(H,42,50)(H,48,49)/t25-,28-,29-,30-,31-,39-/m0/s1. The molecule has 13 nitrogen and oxygen atoms in total. The van der Waals surface area contributed by atoms with Gasteiger partial charge in [0.05, 0.1) is 0 Å². The van der Waals surface area contributed by atoms with Gasteiger partial charge in [-0.05, 0) is 70.1 Å². The molecule has 0 saturated carbocycles. The van der Waals surface area contributed by atoms with Gasteiger partial charge in [-0.25, -0.2) is 9.59 Å². The molecule has 2 aromatic rings. The predicted octanol–water partition coefficient (Wildman–Crippen LogP) is 3.67. The van der Waals surface area contributed by atoms with Crippen molar-refractivity contribution >= 4 is 41.3 Å². The van der Waals surface area contributed by atoms with Gasteiger partial charge < -0.3 is 36.0 Å². The minimum absolute atomic E-state index is 0.0597. The summed E-state index contributed by atoms with van der Waals surface area (Å²) in [7, 11) is 0. The van der Waals surface area contributed by atoms with Gasteiger partial charge in [-0.2, -0.15) is 0 Å². The first kappa shape index (κ1) is 41.5. The normalized spacial score (nSPS) is 17.9. The van der Waals surface area contributed by atoms with Crippen LogP contribution in [0.3, 0.4) is 0 Å². The van der Waals surface area contributed by atoms with E-state index in [1.807, 2.05) is 13.0 Å². The third-order valence-corrected chi connectivity index (χ3v) is 9.18. The van der Waals surface area contributed by atoms with Crippen LogP contribution in [0.15, 0.2) is 60.7 Å². The van der Waals surface area contributed by atoms with Crippen molar-refractivity contribution in [2.45, 2.75) is 116 Å². The highest BCUT2D eigenvalue weighted by atomic mass is 16.6. The second-order valence-corrected chi connectivity index (χ2v) is 15.0. The molecule has 1 saturated heterocycles. The van der Waals surface area contributed by atoms with Crippen molar-refractivity contribution in [1.82, 2.24) is 20.9 Å². The lowest BCUT2D eigenvalue weighted by atomic mass is 9.96. The Morgan fingerprint density at radius 3 is 2.00 bits per heavy atom. The summed E-state index contributed by atoms with van der Waals surface area (Å²) in [4.78, 5) is 82.6. The number of nitrogens with zero attached hydrogens (tertiary/aromatic N) is 1. The molecule has 2 aromatic carbocycles. The van der Waals surface area contributed by atoms with Gasteiger partial charge in [-0.1, -0.05) is 82.6 Å². The number of likely N-dealkylation sites (tertiary alicyclic amines) is 1. The first-order valence-electron chi connectivity index (χ1n) is 17.9. The van der Waals surface area contributed by atoms with Crippen LogP contribution in [-0.4, -0.2) is 87.4 Å². The van der Waals surface area contributed by atoms with Crippen LogP contribution < -0.4 is 21.3 Å². The van der Waals surface area contributed by atoms with Crippen molar-refractivity contribution in [1.29, 1.82) is 0 Å². The first-order chi connectivity index (χ1) is 24.4. The van der Waals surface area contributed by atoms with E-state index in [2.05, 4.69) is 21.3 Å². The fraction of sp³-hybridized carbons (Fsp3) is 0.538. The molecule has 0 aromatic heterocycles. The van der Waals surface area contributed by atoms with Crippen LogP contribution in [0.25, 0.3) is 0 Å². The van der Waals surface area contributed by atoms with E-state index in [1.165, 1.54) is 11.8 Å². The molecule has 3 rings (SSSR count). The van der Waals surface area contributed by atoms with E-state index in [4.69, 9.17) is 4.74 Å². The van der Waals surface area contributed by atoms with Crippen molar-refractivity contribution in [3.63, 3.8) is 0 Å². The van der Waals surface area contributed by atoms with Gasteiger partial charge >= 0.3 is 11.9 Å². The predicted molar refractivity (Wildman–Crippen MR) is 197 cm³/mol. The molecular weight excluding hydrogens is 666 g/mol. The smallest absolute Gasteiger partial charge is 0.341 e. The number of esters is 1. The number of carbonyl (C=O) groups is 6. The molecule has 1 aliphatic heterocycles. The number of hydrogen-bond acceptors (Lipinski definition) is 8. The van der Waals surface area contributed by atoms with Crippen molar-refractivity contribution in [3.8, 4) is 0 Å². The van der Waals surface area contributed by atoms with Gasteiger partial charge in [-0.15, -0.1) is 0 Å². The number of anilines is 1. The number of rotatable bonds is 16. The number of benzene rings is 2. The lowest BCUT2D eigenvalue weighted by molar-refractivity contribution is -0.163. The zero-order valence-electron chi connectivity index (χ0n) is 31.5. The van der Waals surface area contributed by atoms with E-state index >= 15 is 0 Å². The van der Waals surface area contributed by atoms with E-state index < -0.39 is 76.8 Å². The topological polar surface area (TPSA) is 183 Å². The highest BCUT2D eigenvalue weighted by Gasteiger charge is 2.47. The Balaban J connectivity index is 1.81. The summed E-state index contributed by atoms with van der Waals surface area (Å²) in [5.74, 6) is -5.32. The SMILES string of the molecule is CC[C@H](C)[C@H](NC(=O)[C@@H]1CCCN1C(=O)[C@@H](NC(=O)[C@](C)(Nc1ccccc1)C(=O)OC(C)(C)C)C(C)C)C(=O)N[C@@H](Cc1ccccc1)C(=O)O. The number of ether oxygens (including phenoxy) is 1. The van der Waals surface area contributed by atoms with E-state index in [-0.39, 0.29) is 18.9 Å². The molecule has 0 unspecified atom stereocenters. The molecule has 0 bridgehead atoms. The second-order valence-electron chi connectivity index (χ2n) is 15.0. The Morgan fingerprint density at radius 2 is 1.46 bits per heavy atom.